The summed E-state index contributed by atoms with van der Waals surface area (Å²) in [6, 6.07) is 10.1. The lowest BCUT2D eigenvalue weighted by atomic mass is 10.3. The van der Waals surface area contributed by atoms with Gasteiger partial charge in [0.15, 0.2) is 0 Å². The minimum Gasteiger partial charge on any atom is -0.385 e. The van der Waals surface area contributed by atoms with E-state index in [2.05, 4.69) is 5.32 Å². The lowest BCUT2D eigenvalue weighted by Gasteiger charge is -2.18. The fourth-order valence-corrected chi connectivity index (χ4v) is 1.57. The van der Waals surface area contributed by atoms with E-state index in [1.54, 1.807) is 4.42 Å². The molecule has 0 aromatic heterocycles. The van der Waals surface area contributed by atoms with Crippen LogP contribution in [0.2, 0.25) is 0 Å². The molecule has 0 saturated heterocycles. The summed E-state index contributed by atoms with van der Waals surface area (Å²) in [7, 11) is 0. The maximum Gasteiger partial charge on any atom is 0.101 e. The van der Waals surface area contributed by atoms with E-state index < -0.39 is 0 Å². The fourth-order valence-electron chi connectivity index (χ4n) is 1.23. The minimum atomic E-state index is -0.118. The molecule has 0 bridgehead atoms. The zero-order valence-corrected chi connectivity index (χ0v) is 10.3. The lowest BCUT2D eigenvalue weighted by Crippen LogP contribution is -2.23. The van der Waals surface area contributed by atoms with Crippen LogP contribution in [-0.2, 0) is 0 Å². The van der Waals surface area contributed by atoms with Gasteiger partial charge in [-0.2, -0.15) is 0 Å². The largest absolute Gasteiger partial charge is 0.385 e. The maximum absolute atomic E-state index is 6.05. The van der Waals surface area contributed by atoms with Crippen molar-refractivity contribution in [2.75, 3.05) is 18.4 Å². The van der Waals surface area contributed by atoms with Crippen LogP contribution in [0, 0.1) is 0 Å². The number of anilines is 1. The molecule has 1 aromatic rings. The highest BCUT2D eigenvalue weighted by atomic mass is 35.5. The molecule has 0 fully saturated rings. The molecule has 0 radical (unpaired) electrons. The molecular weight excluding hydrogens is 231 g/mol. The third-order valence-corrected chi connectivity index (χ3v) is 3.12. The number of halogens is 2. The Morgan fingerprint density at radius 2 is 2.00 bits per heavy atom. The van der Waals surface area contributed by atoms with Crippen LogP contribution in [0.15, 0.2) is 30.3 Å². The Kier molecular flexibility index (Phi) is 5.84. The van der Waals surface area contributed by atoms with Gasteiger partial charge in [0.05, 0.1) is 0 Å². The van der Waals surface area contributed by atoms with E-state index in [1.807, 2.05) is 37.3 Å². The van der Waals surface area contributed by atoms with E-state index in [1.165, 1.54) is 0 Å². The summed E-state index contributed by atoms with van der Waals surface area (Å²) >= 11 is 11.9. The van der Waals surface area contributed by atoms with Gasteiger partial charge in [0.25, 0.3) is 0 Å². The minimum absolute atomic E-state index is 0.118. The van der Waals surface area contributed by atoms with Crippen molar-refractivity contribution in [1.29, 1.82) is 0 Å². The fraction of sp³-hybridized carbons (Fsp3) is 0.455. The standard InChI is InChI=1S/C11H16Cl2N2/c1-2-15(13)11(12)8-9-14-10-6-4-3-5-7-10/h3-7,11,14H,2,8-9H2,1H3. The number of hydrogen-bond donors (Lipinski definition) is 1. The molecule has 1 atom stereocenters. The number of para-hydroxylation sites is 1. The SMILES string of the molecule is CCN(Cl)C(Cl)CCNc1ccccc1. The van der Waals surface area contributed by atoms with E-state index in [0.29, 0.717) is 0 Å². The molecule has 1 N–H and O–H groups in total. The number of hydrogen-bond acceptors (Lipinski definition) is 2. The lowest BCUT2D eigenvalue weighted by molar-refractivity contribution is 0.431. The van der Waals surface area contributed by atoms with Gasteiger partial charge in [0.1, 0.15) is 5.50 Å². The van der Waals surface area contributed by atoms with Gasteiger partial charge < -0.3 is 5.32 Å². The molecule has 4 heteroatoms. The Labute approximate surface area is 101 Å². The first-order valence-electron chi connectivity index (χ1n) is 5.09. The first kappa shape index (κ1) is 12.6. The van der Waals surface area contributed by atoms with Crippen molar-refractivity contribution in [1.82, 2.24) is 4.42 Å². The summed E-state index contributed by atoms with van der Waals surface area (Å²) < 4.78 is 1.61. The van der Waals surface area contributed by atoms with Crippen LogP contribution in [0.4, 0.5) is 5.69 Å². The summed E-state index contributed by atoms with van der Waals surface area (Å²) in [5.74, 6) is 0. The Bertz CT molecular complexity index is 267. The molecule has 2 nitrogen and oxygen atoms in total. The van der Waals surface area contributed by atoms with E-state index >= 15 is 0 Å². The van der Waals surface area contributed by atoms with Crippen molar-refractivity contribution < 1.29 is 0 Å². The molecule has 1 aromatic carbocycles. The van der Waals surface area contributed by atoms with Gasteiger partial charge in [-0.3, -0.25) is 0 Å². The summed E-state index contributed by atoms with van der Waals surface area (Å²) in [6.07, 6.45) is 0.813. The van der Waals surface area contributed by atoms with Crippen LogP contribution >= 0.6 is 23.4 Å². The molecule has 1 unspecified atom stereocenters. The Morgan fingerprint density at radius 1 is 1.33 bits per heavy atom. The topological polar surface area (TPSA) is 15.3 Å². The molecule has 0 aliphatic heterocycles. The van der Waals surface area contributed by atoms with Crippen molar-refractivity contribution >= 4 is 29.1 Å². The average Bonchev–Trinajstić information content (AvgIpc) is 2.29. The summed E-state index contributed by atoms with van der Waals surface area (Å²) in [5, 5.41) is 3.28. The summed E-state index contributed by atoms with van der Waals surface area (Å²) in [5.41, 5.74) is 0.992. The van der Waals surface area contributed by atoms with Gasteiger partial charge in [-0.25, -0.2) is 4.42 Å². The monoisotopic (exact) mass is 246 g/mol. The predicted molar refractivity (Wildman–Crippen MR) is 67.4 cm³/mol. The van der Waals surface area contributed by atoms with Crippen LogP contribution < -0.4 is 5.32 Å². The number of nitrogens with one attached hydrogen (secondary N) is 1. The number of benzene rings is 1. The van der Waals surface area contributed by atoms with Gasteiger partial charge in [-0.05, 0) is 30.3 Å². The third-order valence-electron chi connectivity index (χ3n) is 2.09. The van der Waals surface area contributed by atoms with E-state index in [4.69, 9.17) is 23.4 Å². The molecule has 0 saturated carbocycles. The Morgan fingerprint density at radius 3 is 2.60 bits per heavy atom. The number of rotatable bonds is 6. The zero-order valence-electron chi connectivity index (χ0n) is 8.79. The van der Waals surface area contributed by atoms with Crippen molar-refractivity contribution in [3.8, 4) is 0 Å². The summed E-state index contributed by atoms with van der Waals surface area (Å²) in [4.78, 5) is 0. The van der Waals surface area contributed by atoms with E-state index in [0.717, 1.165) is 25.2 Å². The zero-order chi connectivity index (χ0) is 11.1. The second-order valence-electron chi connectivity index (χ2n) is 3.23. The van der Waals surface area contributed by atoms with Crippen molar-refractivity contribution in [3.05, 3.63) is 30.3 Å². The molecule has 1 rings (SSSR count). The molecule has 15 heavy (non-hydrogen) atoms. The summed E-state index contributed by atoms with van der Waals surface area (Å²) in [6.45, 7) is 3.55. The van der Waals surface area contributed by atoms with Crippen molar-refractivity contribution in [3.63, 3.8) is 0 Å². The Balaban J connectivity index is 2.22. The van der Waals surface area contributed by atoms with E-state index in [-0.39, 0.29) is 5.50 Å². The van der Waals surface area contributed by atoms with Gasteiger partial charge >= 0.3 is 0 Å². The highest BCUT2D eigenvalue weighted by molar-refractivity contribution is 6.25. The first-order chi connectivity index (χ1) is 7.24. The van der Waals surface area contributed by atoms with Crippen LogP contribution in [0.25, 0.3) is 0 Å². The van der Waals surface area contributed by atoms with Crippen LogP contribution in [0.3, 0.4) is 0 Å². The van der Waals surface area contributed by atoms with Gasteiger partial charge in [-0.1, -0.05) is 25.1 Å². The van der Waals surface area contributed by atoms with Crippen molar-refractivity contribution in [2.45, 2.75) is 18.8 Å². The van der Waals surface area contributed by atoms with Gasteiger partial charge in [0, 0.05) is 18.8 Å². The molecule has 0 aliphatic carbocycles. The highest BCUT2D eigenvalue weighted by Gasteiger charge is 2.10. The highest BCUT2D eigenvalue weighted by Crippen LogP contribution is 2.12. The molecule has 84 valence electrons. The molecule has 0 aliphatic rings. The molecule has 0 amide bonds. The van der Waals surface area contributed by atoms with Crippen molar-refractivity contribution in [2.24, 2.45) is 0 Å². The molecule has 0 spiro atoms. The van der Waals surface area contributed by atoms with Gasteiger partial charge in [0.2, 0.25) is 0 Å². The second kappa shape index (κ2) is 6.94. The first-order valence-corrected chi connectivity index (χ1v) is 5.87. The Hall–Kier alpha value is -0.440. The number of nitrogens with zero attached hydrogens (tertiary/aromatic N) is 1. The van der Waals surface area contributed by atoms with Gasteiger partial charge in [-0.15, -0.1) is 11.6 Å². The quantitative estimate of drug-likeness (QED) is 0.470. The predicted octanol–water partition coefficient (Wildman–Crippen LogP) is 3.53. The molecule has 0 heterocycles. The molecular formula is C11H16Cl2N2. The normalized spacial score (nSPS) is 12.8. The van der Waals surface area contributed by atoms with Crippen LogP contribution in [0.5, 0.6) is 0 Å². The van der Waals surface area contributed by atoms with Crippen LogP contribution in [0.1, 0.15) is 13.3 Å². The maximum atomic E-state index is 6.05. The van der Waals surface area contributed by atoms with Crippen LogP contribution in [-0.4, -0.2) is 23.0 Å². The average molecular weight is 247 g/mol. The second-order valence-corrected chi connectivity index (χ2v) is 4.17. The smallest absolute Gasteiger partial charge is 0.101 e. The number of alkyl halides is 1. The van der Waals surface area contributed by atoms with E-state index in [9.17, 15) is 0 Å². The third kappa shape index (κ3) is 4.74.